The summed E-state index contributed by atoms with van der Waals surface area (Å²) in [7, 11) is 0. The number of hydrogen-bond acceptors (Lipinski definition) is 2. The van der Waals surface area contributed by atoms with Gasteiger partial charge in [0, 0.05) is 24.1 Å². The molecular formula is C9H18INO. The zero-order valence-electron chi connectivity index (χ0n) is 7.76. The molecule has 1 unspecified atom stereocenters. The van der Waals surface area contributed by atoms with Gasteiger partial charge in [-0.1, -0.05) is 22.6 Å². The molecular weight excluding hydrogens is 265 g/mol. The van der Waals surface area contributed by atoms with Crippen LogP contribution < -0.4 is 0 Å². The molecule has 1 aliphatic heterocycles. The minimum atomic E-state index is 0.432. The van der Waals surface area contributed by atoms with Gasteiger partial charge in [0.15, 0.2) is 0 Å². The van der Waals surface area contributed by atoms with Gasteiger partial charge in [-0.2, -0.15) is 0 Å². The van der Waals surface area contributed by atoms with Crippen molar-refractivity contribution >= 4 is 22.6 Å². The van der Waals surface area contributed by atoms with Crippen LogP contribution in [0.15, 0.2) is 0 Å². The highest BCUT2D eigenvalue weighted by atomic mass is 127. The molecule has 0 saturated carbocycles. The molecule has 0 radical (unpaired) electrons. The molecule has 1 aliphatic rings. The first kappa shape index (κ1) is 10.7. The SMILES string of the molecule is CC1CN(CCCI)CCCO1. The van der Waals surface area contributed by atoms with Crippen molar-refractivity contribution in [2.24, 2.45) is 0 Å². The predicted molar refractivity (Wildman–Crippen MR) is 60.0 cm³/mol. The summed E-state index contributed by atoms with van der Waals surface area (Å²) in [5.74, 6) is 0. The number of alkyl halides is 1. The van der Waals surface area contributed by atoms with E-state index < -0.39 is 0 Å². The fourth-order valence-electron chi connectivity index (χ4n) is 1.57. The third-order valence-electron chi connectivity index (χ3n) is 2.14. The fourth-order valence-corrected chi connectivity index (χ4v) is 1.91. The van der Waals surface area contributed by atoms with E-state index in [1.165, 1.54) is 30.4 Å². The van der Waals surface area contributed by atoms with E-state index in [1.54, 1.807) is 0 Å². The molecule has 0 bridgehead atoms. The third kappa shape index (κ3) is 4.05. The van der Waals surface area contributed by atoms with Crippen LogP contribution in [0.3, 0.4) is 0 Å². The molecule has 0 aliphatic carbocycles. The molecule has 1 heterocycles. The summed E-state index contributed by atoms with van der Waals surface area (Å²) in [6, 6.07) is 0. The monoisotopic (exact) mass is 283 g/mol. The van der Waals surface area contributed by atoms with E-state index in [2.05, 4.69) is 34.4 Å². The molecule has 0 spiro atoms. The van der Waals surface area contributed by atoms with Crippen molar-refractivity contribution < 1.29 is 4.74 Å². The maximum absolute atomic E-state index is 5.57. The average Bonchev–Trinajstić information content (AvgIpc) is 2.26. The molecule has 1 atom stereocenters. The highest BCUT2D eigenvalue weighted by Crippen LogP contribution is 2.06. The maximum Gasteiger partial charge on any atom is 0.0673 e. The van der Waals surface area contributed by atoms with Crippen molar-refractivity contribution in [3.8, 4) is 0 Å². The molecule has 1 rings (SSSR count). The van der Waals surface area contributed by atoms with Crippen LogP contribution in [-0.2, 0) is 4.74 Å². The summed E-state index contributed by atoms with van der Waals surface area (Å²) < 4.78 is 6.84. The van der Waals surface area contributed by atoms with E-state index in [9.17, 15) is 0 Å². The summed E-state index contributed by atoms with van der Waals surface area (Å²) in [5, 5.41) is 0. The largest absolute Gasteiger partial charge is 0.377 e. The Morgan fingerprint density at radius 2 is 2.42 bits per heavy atom. The second-order valence-corrected chi connectivity index (χ2v) is 4.46. The molecule has 0 aromatic heterocycles. The Morgan fingerprint density at radius 1 is 1.58 bits per heavy atom. The second-order valence-electron chi connectivity index (χ2n) is 3.38. The number of ether oxygens (including phenoxy) is 1. The normalized spacial score (nSPS) is 27.0. The Kier molecular flexibility index (Phi) is 5.50. The Balaban J connectivity index is 2.21. The van der Waals surface area contributed by atoms with E-state index in [0.29, 0.717) is 6.10 Å². The number of nitrogens with zero attached hydrogens (tertiary/aromatic N) is 1. The quantitative estimate of drug-likeness (QED) is 0.579. The first-order valence-corrected chi connectivity index (χ1v) is 6.25. The van der Waals surface area contributed by atoms with Crippen LogP contribution >= 0.6 is 22.6 Å². The van der Waals surface area contributed by atoms with Gasteiger partial charge in [0.25, 0.3) is 0 Å². The molecule has 0 N–H and O–H groups in total. The van der Waals surface area contributed by atoms with Crippen LogP contribution in [0.4, 0.5) is 0 Å². The van der Waals surface area contributed by atoms with Crippen LogP contribution in [0.5, 0.6) is 0 Å². The minimum absolute atomic E-state index is 0.432. The van der Waals surface area contributed by atoms with Gasteiger partial charge in [-0.3, -0.25) is 0 Å². The average molecular weight is 283 g/mol. The number of halogens is 1. The van der Waals surface area contributed by atoms with Gasteiger partial charge in [0.05, 0.1) is 6.10 Å². The summed E-state index contributed by atoms with van der Waals surface area (Å²) in [5.41, 5.74) is 0. The van der Waals surface area contributed by atoms with Crippen molar-refractivity contribution in [3.05, 3.63) is 0 Å². The zero-order chi connectivity index (χ0) is 8.81. The van der Waals surface area contributed by atoms with Crippen molar-refractivity contribution in [1.29, 1.82) is 0 Å². The van der Waals surface area contributed by atoms with Gasteiger partial charge >= 0.3 is 0 Å². The lowest BCUT2D eigenvalue weighted by atomic mass is 10.3. The fraction of sp³-hybridized carbons (Fsp3) is 1.00. The van der Waals surface area contributed by atoms with Crippen LogP contribution in [0.2, 0.25) is 0 Å². The van der Waals surface area contributed by atoms with Crippen LogP contribution in [0.1, 0.15) is 19.8 Å². The summed E-state index contributed by atoms with van der Waals surface area (Å²) in [4.78, 5) is 2.52. The molecule has 2 nitrogen and oxygen atoms in total. The van der Waals surface area contributed by atoms with Crippen molar-refractivity contribution in [2.75, 3.05) is 30.7 Å². The van der Waals surface area contributed by atoms with E-state index in [1.807, 2.05) is 0 Å². The van der Waals surface area contributed by atoms with Crippen LogP contribution in [-0.4, -0.2) is 41.7 Å². The van der Waals surface area contributed by atoms with Gasteiger partial charge in [-0.25, -0.2) is 0 Å². The summed E-state index contributed by atoms with van der Waals surface area (Å²) in [6.07, 6.45) is 2.94. The van der Waals surface area contributed by atoms with Crippen molar-refractivity contribution in [2.45, 2.75) is 25.9 Å². The van der Waals surface area contributed by atoms with Crippen LogP contribution in [0.25, 0.3) is 0 Å². The van der Waals surface area contributed by atoms with Crippen LogP contribution in [0, 0.1) is 0 Å². The minimum Gasteiger partial charge on any atom is -0.377 e. The van der Waals surface area contributed by atoms with Crippen molar-refractivity contribution in [1.82, 2.24) is 4.90 Å². The molecule has 0 amide bonds. The Hall–Kier alpha value is 0.650. The summed E-state index contributed by atoms with van der Waals surface area (Å²) >= 11 is 2.44. The standard InChI is InChI=1S/C9H18INO/c1-9-8-11(5-2-4-10)6-3-7-12-9/h9H,2-8H2,1H3. The molecule has 12 heavy (non-hydrogen) atoms. The molecule has 0 aromatic carbocycles. The van der Waals surface area contributed by atoms with Crippen molar-refractivity contribution in [3.63, 3.8) is 0 Å². The Morgan fingerprint density at radius 3 is 3.17 bits per heavy atom. The zero-order valence-corrected chi connectivity index (χ0v) is 9.92. The first-order valence-electron chi connectivity index (χ1n) is 4.73. The lowest BCUT2D eigenvalue weighted by molar-refractivity contribution is 0.0678. The topological polar surface area (TPSA) is 12.5 Å². The van der Waals surface area contributed by atoms with E-state index in [4.69, 9.17) is 4.74 Å². The third-order valence-corrected chi connectivity index (χ3v) is 2.91. The lowest BCUT2D eigenvalue weighted by Crippen LogP contribution is -2.31. The first-order chi connectivity index (χ1) is 5.83. The number of hydrogen-bond donors (Lipinski definition) is 0. The predicted octanol–water partition coefficient (Wildman–Crippen LogP) is 1.92. The van der Waals surface area contributed by atoms with Gasteiger partial charge in [-0.15, -0.1) is 0 Å². The Bertz CT molecular complexity index is 121. The summed E-state index contributed by atoms with van der Waals surface area (Å²) in [6.45, 7) is 6.71. The van der Waals surface area contributed by atoms with Gasteiger partial charge in [-0.05, 0) is 26.3 Å². The van der Waals surface area contributed by atoms with Gasteiger partial charge in [0.2, 0.25) is 0 Å². The highest BCUT2D eigenvalue weighted by Gasteiger charge is 2.13. The van der Waals surface area contributed by atoms with Gasteiger partial charge < -0.3 is 9.64 Å². The lowest BCUT2D eigenvalue weighted by Gasteiger charge is -2.20. The highest BCUT2D eigenvalue weighted by molar-refractivity contribution is 14.1. The maximum atomic E-state index is 5.57. The molecule has 0 aromatic rings. The molecule has 3 heteroatoms. The second kappa shape index (κ2) is 6.16. The van der Waals surface area contributed by atoms with E-state index in [0.717, 1.165) is 13.2 Å². The molecule has 1 fully saturated rings. The smallest absolute Gasteiger partial charge is 0.0673 e. The molecule has 1 saturated heterocycles. The van der Waals surface area contributed by atoms with E-state index >= 15 is 0 Å². The Labute approximate surface area is 88.8 Å². The number of rotatable bonds is 3. The van der Waals surface area contributed by atoms with E-state index in [-0.39, 0.29) is 0 Å². The molecule has 72 valence electrons. The van der Waals surface area contributed by atoms with Gasteiger partial charge in [0.1, 0.15) is 0 Å².